The van der Waals surface area contributed by atoms with E-state index in [1.807, 2.05) is 17.1 Å². The average molecular weight is 368 g/mol. The third kappa shape index (κ3) is 3.32. The van der Waals surface area contributed by atoms with Crippen molar-refractivity contribution in [2.75, 3.05) is 13.1 Å². The van der Waals surface area contributed by atoms with Gasteiger partial charge >= 0.3 is 0 Å². The number of allylic oxidation sites excluding steroid dienone is 2. The summed E-state index contributed by atoms with van der Waals surface area (Å²) in [5, 5.41) is 0. The van der Waals surface area contributed by atoms with Crippen LogP contribution in [-0.2, 0) is 9.63 Å². The second-order valence-corrected chi connectivity index (χ2v) is 8.69. The lowest BCUT2D eigenvalue weighted by Crippen LogP contribution is -2.43. The van der Waals surface area contributed by atoms with Crippen LogP contribution in [0.5, 0.6) is 0 Å². The molecule has 3 N–H and O–H groups in total. The van der Waals surface area contributed by atoms with Crippen LogP contribution in [0.2, 0.25) is 0 Å². The summed E-state index contributed by atoms with van der Waals surface area (Å²) in [6, 6.07) is 0.154. The van der Waals surface area contributed by atoms with Crippen LogP contribution >= 0.6 is 23.4 Å². The molecule has 1 saturated carbocycles. The molecule has 4 rings (SSSR count). The number of carbonyl (C=O) groups is 1. The Balaban J connectivity index is 1.35. The summed E-state index contributed by atoms with van der Waals surface area (Å²) < 4.78 is -0.0908. The van der Waals surface area contributed by atoms with E-state index >= 15 is 0 Å². The summed E-state index contributed by atoms with van der Waals surface area (Å²) in [6.07, 6.45) is 10.3. The number of halogens is 1. The van der Waals surface area contributed by atoms with E-state index in [0.29, 0.717) is 17.7 Å². The summed E-state index contributed by atoms with van der Waals surface area (Å²) in [4.78, 5) is 20.6. The molecule has 1 amide bonds. The van der Waals surface area contributed by atoms with Crippen molar-refractivity contribution in [1.82, 2.24) is 10.4 Å². The number of thioether (sulfide) groups is 1. The Morgan fingerprint density at radius 2 is 2.04 bits per heavy atom. The number of nitrogens with two attached hydrogens (primary N) is 1. The molecular weight excluding hydrogens is 346 g/mol. The Bertz CT molecular complexity index is 621. The molecule has 1 aliphatic carbocycles. The van der Waals surface area contributed by atoms with E-state index in [9.17, 15) is 4.79 Å². The zero-order valence-electron chi connectivity index (χ0n) is 13.4. The van der Waals surface area contributed by atoms with Gasteiger partial charge in [0, 0.05) is 13.1 Å². The minimum atomic E-state index is -0.0908. The van der Waals surface area contributed by atoms with Crippen LogP contribution in [0.4, 0.5) is 0 Å². The van der Waals surface area contributed by atoms with Gasteiger partial charge in [0.2, 0.25) is 5.88 Å². The van der Waals surface area contributed by atoms with Crippen LogP contribution in [0.1, 0.15) is 25.7 Å². The molecule has 130 valence electrons. The second-order valence-electron chi connectivity index (χ2n) is 6.85. The van der Waals surface area contributed by atoms with Gasteiger partial charge in [0.25, 0.3) is 5.91 Å². The molecule has 5 nitrogen and oxygen atoms in total. The van der Waals surface area contributed by atoms with Gasteiger partial charge in [-0.2, -0.15) is 0 Å². The van der Waals surface area contributed by atoms with Gasteiger partial charge in [0.1, 0.15) is 4.71 Å². The topological polar surface area (TPSA) is 67.6 Å². The molecule has 2 unspecified atom stereocenters. The first kappa shape index (κ1) is 16.4. The highest BCUT2D eigenvalue weighted by Gasteiger charge is 2.35. The summed E-state index contributed by atoms with van der Waals surface area (Å²) in [5.41, 5.74) is 9.87. The fourth-order valence-electron chi connectivity index (χ4n) is 3.56. The quantitative estimate of drug-likeness (QED) is 0.750. The van der Waals surface area contributed by atoms with Crippen molar-refractivity contribution in [3.8, 4) is 0 Å². The van der Waals surface area contributed by atoms with Crippen molar-refractivity contribution in [1.29, 1.82) is 0 Å². The van der Waals surface area contributed by atoms with Crippen molar-refractivity contribution in [3.05, 3.63) is 34.6 Å². The molecule has 24 heavy (non-hydrogen) atoms. The molecule has 7 heteroatoms. The SMILES string of the molecule is NC1=CC(C2CCN(C(=O)C3=CC=C(C4CC4)C(Cl)S3)CC2)NO1. The fourth-order valence-corrected chi connectivity index (χ4v) is 5.10. The molecular formula is C17H22ClN3O2S. The predicted octanol–water partition coefficient (Wildman–Crippen LogP) is 2.46. The Kier molecular flexibility index (Phi) is 4.54. The van der Waals surface area contributed by atoms with E-state index < -0.39 is 0 Å². The highest BCUT2D eigenvalue weighted by atomic mass is 35.5. The van der Waals surface area contributed by atoms with Gasteiger partial charge in [-0.1, -0.05) is 17.8 Å². The van der Waals surface area contributed by atoms with Crippen molar-refractivity contribution >= 4 is 29.3 Å². The highest BCUT2D eigenvalue weighted by Crippen LogP contribution is 2.46. The second kappa shape index (κ2) is 6.65. The largest absolute Gasteiger partial charge is 0.391 e. The molecule has 0 aromatic rings. The number of hydroxylamine groups is 1. The molecule has 0 radical (unpaired) electrons. The molecule has 0 bridgehead atoms. The third-order valence-corrected chi connectivity index (χ3v) is 6.73. The summed E-state index contributed by atoms with van der Waals surface area (Å²) in [5.74, 6) is 1.64. The van der Waals surface area contributed by atoms with E-state index in [2.05, 4.69) is 11.6 Å². The highest BCUT2D eigenvalue weighted by molar-refractivity contribution is 8.05. The van der Waals surface area contributed by atoms with Crippen molar-refractivity contribution in [2.45, 2.75) is 36.4 Å². The third-order valence-electron chi connectivity index (χ3n) is 5.17. The molecule has 0 aromatic heterocycles. The number of hydrogen-bond donors (Lipinski definition) is 2. The van der Waals surface area contributed by atoms with Gasteiger partial charge in [-0.05, 0) is 55.2 Å². The Morgan fingerprint density at radius 3 is 2.62 bits per heavy atom. The number of amides is 1. The zero-order valence-corrected chi connectivity index (χ0v) is 15.0. The first-order valence-electron chi connectivity index (χ1n) is 8.53. The molecule has 3 heterocycles. The van der Waals surface area contributed by atoms with Crippen molar-refractivity contribution in [2.24, 2.45) is 17.6 Å². The maximum Gasteiger partial charge on any atom is 0.260 e. The molecule has 1 saturated heterocycles. The number of hydrogen-bond acceptors (Lipinski definition) is 5. The number of carbonyl (C=O) groups excluding carboxylic acids is 1. The normalized spacial score (nSPS) is 31.2. The first-order chi connectivity index (χ1) is 11.6. The standard InChI is InChI=1S/C17H22ClN3O2S/c18-16-12(10-1-2-10)3-4-14(24-16)17(22)21-7-5-11(6-8-21)13-9-15(19)23-20-13/h3-4,9-11,13,16,20H,1-2,5-8,19H2. The number of likely N-dealkylation sites (tertiary alicyclic amines) is 1. The van der Waals surface area contributed by atoms with Crippen LogP contribution in [-0.4, -0.2) is 34.6 Å². The molecule has 0 spiro atoms. The van der Waals surface area contributed by atoms with Crippen LogP contribution < -0.4 is 11.2 Å². The van der Waals surface area contributed by atoms with Crippen molar-refractivity contribution in [3.63, 3.8) is 0 Å². The van der Waals surface area contributed by atoms with Crippen LogP contribution in [0.25, 0.3) is 0 Å². The number of rotatable bonds is 3. The lowest BCUT2D eigenvalue weighted by molar-refractivity contribution is -0.127. The number of piperidine rings is 1. The fraction of sp³-hybridized carbons (Fsp3) is 0.588. The minimum Gasteiger partial charge on any atom is -0.391 e. The van der Waals surface area contributed by atoms with E-state index in [0.717, 1.165) is 30.8 Å². The predicted molar refractivity (Wildman–Crippen MR) is 95.7 cm³/mol. The summed E-state index contributed by atoms with van der Waals surface area (Å²) in [6.45, 7) is 1.53. The van der Waals surface area contributed by atoms with Gasteiger partial charge in [-0.25, -0.2) is 0 Å². The van der Waals surface area contributed by atoms with Gasteiger partial charge < -0.3 is 15.5 Å². The van der Waals surface area contributed by atoms with Gasteiger partial charge in [-0.3, -0.25) is 4.79 Å². The van der Waals surface area contributed by atoms with Gasteiger partial charge in [-0.15, -0.1) is 17.1 Å². The Labute approximate surface area is 151 Å². The lowest BCUT2D eigenvalue weighted by atomic mass is 9.90. The van der Waals surface area contributed by atoms with Gasteiger partial charge in [0.05, 0.1) is 10.9 Å². The molecule has 3 aliphatic heterocycles. The van der Waals surface area contributed by atoms with Crippen LogP contribution in [0.3, 0.4) is 0 Å². The first-order valence-corrected chi connectivity index (χ1v) is 9.85. The van der Waals surface area contributed by atoms with Crippen LogP contribution in [0.15, 0.2) is 34.6 Å². The maximum atomic E-state index is 12.7. The smallest absolute Gasteiger partial charge is 0.260 e. The van der Waals surface area contributed by atoms with E-state index in [1.54, 1.807) is 0 Å². The summed E-state index contributed by atoms with van der Waals surface area (Å²) in [7, 11) is 0. The molecule has 2 atom stereocenters. The molecule has 4 aliphatic rings. The van der Waals surface area contributed by atoms with E-state index in [4.69, 9.17) is 22.2 Å². The average Bonchev–Trinajstić information content (AvgIpc) is 3.35. The maximum absolute atomic E-state index is 12.7. The summed E-state index contributed by atoms with van der Waals surface area (Å²) >= 11 is 7.96. The van der Waals surface area contributed by atoms with Gasteiger partial charge in [0.15, 0.2) is 0 Å². The van der Waals surface area contributed by atoms with E-state index in [-0.39, 0.29) is 16.7 Å². The zero-order chi connectivity index (χ0) is 16.7. The molecule has 0 aromatic carbocycles. The van der Waals surface area contributed by atoms with Crippen molar-refractivity contribution < 1.29 is 9.63 Å². The van der Waals surface area contributed by atoms with Crippen LogP contribution in [0, 0.1) is 11.8 Å². The monoisotopic (exact) mass is 367 g/mol. The molecule has 2 fully saturated rings. The number of nitrogens with zero attached hydrogens (tertiary/aromatic N) is 1. The number of nitrogens with one attached hydrogen (secondary N) is 1. The van der Waals surface area contributed by atoms with E-state index in [1.165, 1.54) is 30.2 Å². The Morgan fingerprint density at radius 1 is 1.29 bits per heavy atom. The lowest BCUT2D eigenvalue weighted by Gasteiger charge is -2.34. The number of alkyl halides is 1. The Hall–Kier alpha value is -1.11. The minimum absolute atomic E-state index is 0.0908.